The number of rotatable bonds is 3. The van der Waals surface area contributed by atoms with Crippen LogP contribution in [0.15, 0.2) is 18.2 Å². The average Bonchev–Trinajstić information content (AvgIpc) is 2.38. The number of carboxylic acid groups (broad SMARTS) is 1. The third-order valence-corrected chi connectivity index (χ3v) is 3.55. The molecule has 0 aliphatic carbocycles. The molecule has 0 spiro atoms. The molecule has 0 atom stereocenters. The molecule has 0 radical (unpaired) electrons. The molecule has 0 unspecified atom stereocenters. The summed E-state index contributed by atoms with van der Waals surface area (Å²) >= 11 is 5.76. The number of hydrogen-bond donors (Lipinski definition) is 1. The Hall–Kier alpha value is -1.82. The summed E-state index contributed by atoms with van der Waals surface area (Å²) in [5.41, 5.74) is 0.458. The van der Waals surface area contributed by atoms with E-state index < -0.39 is 10.9 Å². The maximum atomic E-state index is 11.0. The van der Waals surface area contributed by atoms with Gasteiger partial charge in [-0.2, -0.15) is 0 Å². The molecule has 1 fully saturated rings. The first-order chi connectivity index (χ1) is 8.99. The van der Waals surface area contributed by atoms with Crippen LogP contribution < -0.4 is 4.90 Å². The Morgan fingerprint density at radius 1 is 1.42 bits per heavy atom. The summed E-state index contributed by atoms with van der Waals surface area (Å²) < 4.78 is 0. The number of hydrogen-bond acceptors (Lipinski definition) is 4. The van der Waals surface area contributed by atoms with Crippen molar-refractivity contribution in [2.45, 2.75) is 12.8 Å². The molecule has 2 rings (SSSR count). The van der Waals surface area contributed by atoms with Gasteiger partial charge in [0.2, 0.25) is 0 Å². The van der Waals surface area contributed by atoms with Gasteiger partial charge in [0.25, 0.3) is 5.69 Å². The second-order valence-electron chi connectivity index (χ2n) is 4.49. The fourth-order valence-electron chi connectivity index (χ4n) is 2.28. The molecule has 6 nitrogen and oxygen atoms in total. The van der Waals surface area contributed by atoms with E-state index in [2.05, 4.69) is 0 Å². The number of nitro groups is 1. The van der Waals surface area contributed by atoms with Crippen molar-refractivity contribution in [3.63, 3.8) is 0 Å². The standard InChI is InChI=1S/C12H13ClN2O4/c13-9-1-2-10(11(7-9)15(18)19)14-5-3-8(4-6-14)12(16)17/h1-2,7-8H,3-6H2,(H,16,17). The molecule has 0 amide bonds. The van der Waals surface area contributed by atoms with Gasteiger partial charge in [0.15, 0.2) is 0 Å². The average molecular weight is 285 g/mol. The lowest BCUT2D eigenvalue weighted by Crippen LogP contribution is -2.36. The Kier molecular flexibility index (Phi) is 3.90. The Morgan fingerprint density at radius 2 is 2.05 bits per heavy atom. The highest BCUT2D eigenvalue weighted by Crippen LogP contribution is 2.33. The third kappa shape index (κ3) is 2.96. The first-order valence-corrected chi connectivity index (χ1v) is 6.28. The number of carboxylic acids is 1. The molecule has 1 saturated heterocycles. The Morgan fingerprint density at radius 3 is 2.58 bits per heavy atom. The van der Waals surface area contributed by atoms with Crippen LogP contribution >= 0.6 is 11.6 Å². The van der Waals surface area contributed by atoms with Crippen molar-refractivity contribution in [1.29, 1.82) is 0 Å². The normalized spacial score (nSPS) is 16.4. The van der Waals surface area contributed by atoms with Gasteiger partial charge in [0.1, 0.15) is 5.69 Å². The van der Waals surface area contributed by atoms with Gasteiger partial charge in [-0.05, 0) is 25.0 Å². The number of nitrogens with zero attached hydrogens (tertiary/aromatic N) is 2. The molecule has 1 aromatic rings. The third-order valence-electron chi connectivity index (χ3n) is 3.32. The summed E-state index contributed by atoms with van der Waals surface area (Å²) in [6, 6.07) is 4.54. The summed E-state index contributed by atoms with van der Waals surface area (Å²) in [6.07, 6.45) is 0.990. The SMILES string of the molecule is O=C(O)C1CCN(c2ccc(Cl)cc2[N+](=O)[O-])CC1. The molecule has 1 aliphatic rings. The zero-order valence-corrected chi connectivity index (χ0v) is 10.8. The molecule has 0 aromatic heterocycles. The van der Waals surface area contributed by atoms with E-state index in [0.717, 1.165) is 0 Å². The zero-order chi connectivity index (χ0) is 14.0. The smallest absolute Gasteiger partial charge is 0.306 e. The summed E-state index contributed by atoms with van der Waals surface area (Å²) in [5.74, 6) is -1.16. The van der Waals surface area contributed by atoms with E-state index in [1.807, 2.05) is 4.90 Å². The van der Waals surface area contributed by atoms with Gasteiger partial charge < -0.3 is 10.0 Å². The molecule has 7 heteroatoms. The molecule has 1 heterocycles. The number of aliphatic carboxylic acids is 1. The van der Waals surface area contributed by atoms with Crippen molar-refractivity contribution >= 4 is 28.9 Å². The van der Waals surface area contributed by atoms with E-state index in [0.29, 0.717) is 36.6 Å². The largest absolute Gasteiger partial charge is 0.481 e. The number of carbonyl (C=O) groups is 1. The fraction of sp³-hybridized carbons (Fsp3) is 0.417. The summed E-state index contributed by atoms with van der Waals surface area (Å²) in [7, 11) is 0. The molecule has 0 saturated carbocycles. The molecule has 19 heavy (non-hydrogen) atoms. The van der Waals surface area contributed by atoms with Crippen LogP contribution in [0.5, 0.6) is 0 Å². The van der Waals surface area contributed by atoms with Crippen LogP contribution in [0.4, 0.5) is 11.4 Å². The van der Waals surface area contributed by atoms with Gasteiger partial charge in [0.05, 0.1) is 10.8 Å². The Labute approximate surface area is 114 Å². The number of halogens is 1. The highest BCUT2D eigenvalue weighted by Gasteiger charge is 2.28. The van der Waals surface area contributed by atoms with E-state index in [-0.39, 0.29) is 11.6 Å². The van der Waals surface area contributed by atoms with Gasteiger partial charge in [-0.15, -0.1) is 0 Å². The maximum absolute atomic E-state index is 11.0. The van der Waals surface area contributed by atoms with Crippen LogP contribution in [0, 0.1) is 16.0 Å². The number of nitro benzene ring substituents is 1. The second kappa shape index (κ2) is 5.44. The van der Waals surface area contributed by atoms with Crippen LogP contribution in [0.1, 0.15) is 12.8 Å². The minimum Gasteiger partial charge on any atom is -0.481 e. The van der Waals surface area contributed by atoms with Crippen molar-refractivity contribution in [3.8, 4) is 0 Å². The van der Waals surface area contributed by atoms with Gasteiger partial charge >= 0.3 is 5.97 Å². The predicted octanol–water partition coefficient (Wildman–Crippen LogP) is 2.55. The van der Waals surface area contributed by atoms with Crippen LogP contribution in [0.25, 0.3) is 0 Å². The van der Waals surface area contributed by atoms with E-state index in [1.54, 1.807) is 12.1 Å². The minimum atomic E-state index is -0.801. The van der Waals surface area contributed by atoms with Crippen molar-refractivity contribution in [3.05, 3.63) is 33.3 Å². The van der Waals surface area contributed by atoms with Gasteiger partial charge in [-0.3, -0.25) is 14.9 Å². The van der Waals surface area contributed by atoms with E-state index >= 15 is 0 Å². The Bertz CT molecular complexity index is 512. The number of benzene rings is 1. The monoisotopic (exact) mass is 284 g/mol. The van der Waals surface area contributed by atoms with E-state index in [1.165, 1.54) is 6.07 Å². The zero-order valence-electron chi connectivity index (χ0n) is 10.1. The first kappa shape index (κ1) is 13.6. The van der Waals surface area contributed by atoms with Gasteiger partial charge in [-0.25, -0.2) is 0 Å². The van der Waals surface area contributed by atoms with Crippen LogP contribution in [-0.4, -0.2) is 29.1 Å². The van der Waals surface area contributed by atoms with Crippen molar-refractivity contribution in [1.82, 2.24) is 0 Å². The van der Waals surface area contributed by atoms with Gasteiger partial charge in [0, 0.05) is 24.2 Å². The van der Waals surface area contributed by atoms with Crippen LogP contribution in [-0.2, 0) is 4.79 Å². The van der Waals surface area contributed by atoms with Gasteiger partial charge in [-0.1, -0.05) is 11.6 Å². The molecular weight excluding hydrogens is 272 g/mol. The predicted molar refractivity (Wildman–Crippen MR) is 70.7 cm³/mol. The molecule has 1 aromatic carbocycles. The van der Waals surface area contributed by atoms with Crippen LogP contribution in [0.3, 0.4) is 0 Å². The number of anilines is 1. The molecule has 0 bridgehead atoms. The first-order valence-electron chi connectivity index (χ1n) is 5.90. The molecule has 102 valence electrons. The Balaban J connectivity index is 2.20. The highest BCUT2D eigenvalue weighted by molar-refractivity contribution is 6.30. The van der Waals surface area contributed by atoms with Crippen molar-refractivity contribution in [2.24, 2.45) is 5.92 Å². The number of piperidine rings is 1. The van der Waals surface area contributed by atoms with Crippen molar-refractivity contribution < 1.29 is 14.8 Å². The summed E-state index contributed by atoms with van der Waals surface area (Å²) in [6.45, 7) is 0.999. The fourth-order valence-corrected chi connectivity index (χ4v) is 2.44. The lowest BCUT2D eigenvalue weighted by atomic mass is 9.96. The lowest BCUT2D eigenvalue weighted by molar-refractivity contribution is -0.384. The maximum Gasteiger partial charge on any atom is 0.306 e. The van der Waals surface area contributed by atoms with E-state index in [9.17, 15) is 14.9 Å². The quantitative estimate of drug-likeness (QED) is 0.681. The van der Waals surface area contributed by atoms with Crippen molar-refractivity contribution in [2.75, 3.05) is 18.0 Å². The van der Waals surface area contributed by atoms with Crippen LogP contribution in [0.2, 0.25) is 5.02 Å². The minimum absolute atomic E-state index is 0.0405. The van der Waals surface area contributed by atoms with E-state index in [4.69, 9.17) is 16.7 Å². The summed E-state index contributed by atoms with van der Waals surface area (Å²) in [5, 5.41) is 20.3. The molecule has 1 N–H and O–H groups in total. The topological polar surface area (TPSA) is 83.7 Å². The second-order valence-corrected chi connectivity index (χ2v) is 4.93. The molecular formula is C12H13ClN2O4. The lowest BCUT2D eigenvalue weighted by Gasteiger charge is -2.31. The molecule has 1 aliphatic heterocycles. The highest BCUT2D eigenvalue weighted by atomic mass is 35.5. The summed E-state index contributed by atoms with van der Waals surface area (Å²) in [4.78, 5) is 23.3.